The van der Waals surface area contributed by atoms with Crippen LogP contribution in [0.3, 0.4) is 0 Å². The summed E-state index contributed by atoms with van der Waals surface area (Å²) in [5, 5.41) is 8.92. The van der Waals surface area contributed by atoms with Crippen molar-refractivity contribution < 1.29 is 22.7 Å². The minimum Gasteiger partial charge on any atom is -0.462 e. The highest BCUT2D eigenvalue weighted by Gasteiger charge is 2.20. The van der Waals surface area contributed by atoms with E-state index in [9.17, 15) is 8.42 Å². The van der Waals surface area contributed by atoms with Crippen molar-refractivity contribution in [2.24, 2.45) is 0 Å². The summed E-state index contributed by atoms with van der Waals surface area (Å²) < 4.78 is 36.5. The highest BCUT2D eigenvalue weighted by atomic mass is 32.2. The van der Waals surface area contributed by atoms with Gasteiger partial charge in [-0.3, -0.25) is 0 Å². The first-order valence-corrected chi connectivity index (χ1v) is 7.68. The minimum atomic E-state index is -3.56. The normalized spacial score (nSPS) is 11.9. The van der Waals surface area contributed by atoms with E-state index in [2.05, 4.69) is 4.72 Å². The molecule has 0 amide bonds. The first-order chi connectivity index (χ1) is 9.01. The van der Waals surface area contributed by atoms with Gasteiger partial charge in [0.25, 0.3) is 0 Å². The molecule has 0 saturated carbocycles. The fraction of sp³-hybridized carbons (Fsp3) is 0.667. The summed E-state index contributed by atoms with van der Waals surface area (Å²) in [4.78, 5) is 0.0911. The van der Waals surface area contributed by atoms with Crippen molar-refractivity contribution in [2.75, 3.05) is 20.3 Å². The van der Waals surface area contributed by atoms with E-state index in [0.29, 0.717) is 13.2 Å². The van der Waals surface area contributed by atoms with Crippen molar-refractivity contribution in [3.05, 3.63) is 17.6 Å². The van der Waals surface area contributed by atoms with E-state index in [1.807, 2.05) is 0 Å². The van der Waals surface area contributed by atoms with Crippen molar-refractivity contribution in [1.29, 1.82) is 0 Å². The number of ether oxygens (including phenoxy) is 1. The molecule has 19 heavy (non-hydrogen) atoms. The van der Waals surface area contributed by atoms with Crippen LogP contribution in [0, 0.1) is 6.92 Å². The number of sulfonamides is 1. The standard InChI is InChI=1S/C12H21NO5S/c1-10-12(8-11(9-14)18-10)19(15,16)13-6-4-3-5-7-17-2/h8,13-14H,3-7,9H2,1-2H3. The number of hydrogen-bond acceptors (Lipinski definition) is 5. The third-order valence-electron chi connectivity index (χ3n) is 2.69. The Hall–Kier alpha value is -0.890. The van der Waals surface area contributed by atoms with Gasteiger partial charge in [0.1, 0.15) is 23.0 Å². The molecule has 0 aliphatic rings. The third-order valence-corrected chi connectivity index (χ3v) is 4.25. The van der Waals surface area contributed by atoms with Crippen molar-refractivity contribution in [3.63, 3.8) is 0 Å². The van der Waals surface area contributed by atoms with E-state index in [1.54, 1.807) is 14.0 Å². The van der Waals surface area contributed by atoms with Gasteiger partial charge < -0.3 is 14.3 Å². The first kappa shape index (κ1) is 16.2. The lowest BCUT2D eigenvalue weighted by Crippen LogP contribution is -2.25. The maximum Gasteiger partial charge on any atom is 0.244 e. The lowest BCUT2D eigenvalue weighted by molar-refractivity contribution is 0.192. The van der Waals surface area contributed by atoms with Gasteiger partial charge in [-0.25, -0.2) is 13.1 Å². The van der Waals surface area contributed by atoms with Crippen molar-refractivity contribution in [3.8, 4) is 0 Å². The van der Waals surface area contributed by atoms with E-state index in [4.69, 9.17) is 14.3 Å². The molecule has 0 spiro atoms. The van der Waals surface area contributed by atoms with Crippen molar-refractivity contribution in [1.82, 2.24) is 4.72 Å². The van der Waals surface area contributed by atoms with E-state index < -0.39 is 10.0 Å². The molecule has 0 aliphatic carbocycles. The van der Waals surface area contributed by atoms with Gasteiger partial charge in [0.15, 0.2) is 0 Å². The minimum absolute atomic E-state index is 0.0911. The smallest absolute Gasteiger partial charge is 0.244 e. The largest absolute Gasteiger partial charge is 0.462 e. The van der Waals surface area contributed by atoms with Crippen molar-refractivity contribution in [2.45, 2.75) is 37.7 Å². The van der Waals surface area contributed by atoms with Gasteiger partial charge in [-0.05, 0) is 26.2 Å². The Kier molecular flexibility index (Phi) is 6.50. The number of rotatable bonds is 9. The Bertz CT molecular complexity index is 480. The van der Waals surface area contributed by atoms with Crippen LogP contribution in [0.2, 0.25) is 0 Å². The molecule has 1 rings (SSSR count). The van der Waals surface area contributed by atoms with Gasteiger partial charge >= 0.3 is 0 Å². The van der Waals surface area contributed by atoms with E-state index in [0.717, 1.165) is 19.3 Å². The molecule has 7 heteroatoms. The molecular formula is C12H21NO5S. The SMILES string of the molecule is COCCCCCNS(=O)(=O)c1cc(CO)oc1C. The number of methoxy groups -OCH3 is 1. The molecule has 1 aromatic rings. The lowest BCUT2D eigenvalue weighted by Gasteiger charge is -2.05. The summed E-state index contributed by atoms with van der Waals surface area (Å²) in [5.74, 6) is 0.536. The molecule has 0 saturated heterocycles. The molecule has 110 valence electrons. The number of furan rings is 1. The molecule has 0 unspecified atom stereocenters. The quantitative estimate of drug-likeness (QED) is 0.667. The van der Waals surface area contributed by atoms with Gasteiger partial charge in [-0.15, -0.1) is 0 Å². The Morgan fingerprint density at radius 2 is 2.11 bits per heavy atom. The Morgan fingerprint density at radius 1 is 1.37 bits per heavy atom. The molecule has 0 aromatic carbocycles. The Balaban J connectivity index is 2.49. The van der Waals surface area contributed by atoms with Crippen LogP contribution in [-0.4, -0.2) is 33.8 Å². The van der Waals surface area contributed by atoms with E-state index >= 15 is 0 Å². The number of aryl methyl sites for hydroxylation is 1. The number of aliphatic hydroxyl groups excluding tert-OH is 1. The summed E-state index contributed by atoms with van der Waals surface area (Å²) in [7, 11) is -1.92. The second-order valence-electron chi connectivity index (χ2n) is 4.24. The van der Waals surface area contributed by atoms with Gasteiger partial charge in [0, 0.05) is 26.3 Å². The zero-order valence-electron chi connectivity index (χ0n) is 11.3. The average Bonchev–Trinajstić information content (AvgIpc) is 2.76. The number of unbranched alkanes of at least 4 members (excludes halogenated alkanes) is 2. The van der Waals surface area contributed by atoms with Crippen LogP contribution in [-0.2, 0) is 21.4 Å². The zero-order chi connectivity index (χ0) is 14.3. The maximum absolute atomic E-state index is 12.0. The lowest BCUT2D eigenvalue weighted by atomic mass is 10.2. The summed E-state index contributed by atoms with van der Waals surface area (Å²) in [6.45, 7) is 2.32. The first-order valence-electron chi connectivity index (χ1n) is 6.20. The molecule has 1 heterocycles. The maximum atomic E-state index is 12.0. The van der Waals surface area contributed by atoms with Gasteiger partial charge in [0.05, 0.1) is 0 Å². The second kappa shape index (κ2) is 7.64. The van der Waals surface area contributed by atoms with E-state index in [-0.39, 0.29) is 23.0 Å². The van der Waals surface area contributed by atoms with Crippen LogP contribution in [0.4, 0.5) is 0 Å². The summed E-state index contributed by atoms with van der Waals surface area (Å²) in [6, 6.07) is 1.35. The monoisotopic (exact) mass is 291 g/mol. The fourth-order valence-corrected chi connectivity index (χ4v) is 2.98. The van der Waals surface area contributed by atoms with Gasteiger partial charge in [0.2, 0.25) is 10.0 Å². The Labute approximate surface area is 113 Å². The zero-order valence-corrected chi connectivity index (χ0v) is 12.1. The highest BCUT2D eigenvalue weighted by Crippen LogP contribution is 2.19. The Morgan fingerprint density at radius 3 is 2.68 bits per heavy atom. The molecule has 0 radical (unpaired) electrons. The number of hydrogen-bond donors (Lipinski definition) is 2. The topological polar surface area (TPSA) is 88.8 Å². The van der Waals surface area contributed by atoms with Crippen LogP contribution in [0.25, 0.3) is 0 Å². The molecule has 1 aromatic heterocycles. The van der Waals surface area contributed by atoms with Crippen molar-refractivity contribution >= 4 is 10.0 Å². The summed E-state index contributed by atoms with van der Waals surface area (Å²) in [5.41, 5.74) is 0. The molecule has 0 aliphatic heterocycles. The van der Waals surface area contributed by atoms with Crippen LogP contribution in [0.15, 0.2) is 15.4 Å². The van der Waals surface area contributed by atoms with Gasteiger partial charge in [-0.2, -0.15) is 0 Å². The van der Waals surface area contributed by atoms with Crippen LogP contribution in [0.5, 0.6) is 0 Å². The molecule has 0 fully saturated rings. The van der Waals surface area contributed by atoms with Crippen LogP contribution < -0.4 is 4.72 Å². The highest BCUT2D eigenvalue weighted by molar-refractivity contribution is 7.89. The van der Waals surface area contributed by atoms with Crippen LogP contribution >= 0.6 is 0 Å². The third kappa shape index (κ3) is 4.94. The summed E-state index contributed by atoms with van der Waals surface area (Å²) in [6.07, 6.45) is 2.58. The molecule has 2 N–H and O–H groups in total. The molecule has 0 atom stereocenters. The number of nitrogens with one attached hydrogen (secondary N) is 1. The molecule has 6 nitrogen and oxygen atoms in total. The van der Waals surface area contributed by atoms with Crippen LogP contribution in [0.1, 0.15) is 30.8 Å². The number of aliphatic hydroxyl groups is 1. The predicted octanol–water partition coefficient (Wildman–Crippen LogP) is 1.18. The van der Waals surface area contributed by atoms with E-state index in [1.165, 1.54) is 6.07 Å². The second-order valence-corrected chi connectivity index (χ2v) is 5.98. The van der Waals surface area contributed by atoms with Gasteiger partial charge in [-0.1, -0.05) is 0 Å². The summed E-state index contributed by atoms with van der Waals surface area (Å²) >= 11 is 0. The predicted molar refractivity (Wildman–Crippen MR) is 70.3 cm³/mol. The fourth-order valence-electron chi connectivity index (χ4n) is 1.70. The molecule has 0 bridgehead atoms. The molecular weight excluding hydrogens is 270 g/mol. The average molecular weight is 291 g/mol.